The third-order valence-electron chi connectivity index (χ3n) is 2.00. The lowest BCUT2D eigenvalue weighted by molar-refractivity contribution is 0.618. The highest BCUT2D eigenvalue weighted by Gasteiger charge is 2.10. The SMILES string of the molecule is C=CN1C=C(C(C)C)N=C/C1=C/C. The average molecular weight is 176 g/mol. The topological polar surface area (TPSA) is 15.6 Å². The summed E-state index contributed by atoms with van der Waals surface area (Å²) in [6.07, 6.45) is 7.70. The van der Waals surface area contributed by atoms with Crippen molar-refractivity contribution in [1.29, 1.82) is 0 Å². The molecular formula is C11H16N2. The highest BCUT2D eigenvalue weighted by molar-refractivity contribution is 5.80. The van der Waals surface area contributed by atoms with Gasteiger partial charge < -0.3 is 4.90 Å². The van der Waals surface area contributed by atoms with Crippen LogP contribution in [0, 0.1) is 5.92 Å². The van der Waals surface area contributed by atoms with Gasteiger partial charge in [0, 0.05) is 12.4 Å². The van der Waals surface area contributed by atoms with Crippen molar-refractivity contribution in [2.24, 2.45) is 10.9 Å². The maximum atomic E-state index is 4.36. The Morgan fingerprint density at radius 2 is 2.23 bits per heavy atom. The van der Waals surface area contributed by atoms with Crippen molar-refractivity contribution in [3.05, 3.63) is 36.4 Å². The predicted octanol–water partition coefficient (Wildman–Crippen LogP) is 2.92. The van der Waals surface area contributed by atoms with Gasteiger partial charge in [0.15, 0.2) is 0 Å². The molecule has 0 aromatic heterocycles. The molecule has 0 bridgehead atoms. The van der Waals surface area contributed by atoms with E-state index in [1.165, 1.54) is 0 Å². The predicted molar refractivity (Wildman–Crippen MR) is 57.2 cm³/mol. The Morgan fingerprint density at radius 3 is 2.69 bits per heavy atom. The van der Waals surface area contributed by atoms with E-state index in [9.17, 15) is 0 Å². The Morgan fingerprint density at radius 1 is 1.54 bits per heavy atom. The van der Waals surface area contributed by atoms with Crippen molar-refractivity contribution in [3.63, 3.8) is 0 Å². The van der Waals surface area contributed by atoms with Gasteiger partial charge in [0.05, 0.1) is 17.6 Å². The molecule has 0 aromatic carbocycles. The van der Waals surface area contributed by atoms with Gasteiger partial charge in [-0.15, -0.1) is 0 Å². The lowest BCUT2D eigenvalue weighted by Gasteiger charge is -2.22. The largest absolute Gasteiger partial charge is 0.321 e. The Bertz CT molecular complexity index is 282. The molecule has 0 spiro atoms. The smallest absolute Gasteiger partial charge is 0.0595 e. The first-order valence-corrected chi connectivity index (χ1v) is 4.52. The zero-order valence-electron chi connectivity index (χ0n) is 8.49. The molecule has 0 aliphatic carbocycles. The summed E-state index contributed by atoms with van der Waals surface area (Å²) in [5.41, 5.74) is 2.16. The van der Waals surface area contributed by atoms with Crippen LogP contribution in [-0.4, -0.2) is 11.1 Å². The van der Waals surface area contributed by atoms with E-state index in [0.717, 1.165) is 11.4 Å². The molecule has 0 radical (unpaired) electrons. The summed E-state index contributed by atoms with van der Waals surface area (Å²) in [4.78, 5) is 6.35. The summed E-state index contributed by atoms with van der Waals surface area (Å²) in [6.45, 7) is 10.0. The Balaban J connectivity index is 2.93. The van der Waals surface area contributed by atoms with Gasteiger partial charge in [-0.1, -0.05) is 26.5 Å². The summed E-state index contributed by atoms with van der Waals surface area (Å²) < 4.78 is 0. The van der Waals surface area contributed by atoms with Gasteiger partial charge in [0.2, 0.25) is 0 Å². The van der Waals surface area contributed by atoms with Crippen LogP contribution < -0.4 is 0 Å². The molecule has 0 unspecified atom stereocenters. The van der Waals surface area contributed by atoms with Crippen LogP contribution in [0.2, 0.25) is 0 Å². The first-order chi connectivity index (χ1) is 6.19. The first kappa shape index (κ1) is 9.78. The minimum atomic E-state index is 0.456. The number of hydrogen-bond acceptors (Lipinski definition) is 2. The number of hydrogen-bond donors (Lipinski definition) is 0. The molecule has 1 rings (SSSR count). The van der Waals surface area contributed by atoms with E-state index < -0.39 is 0 Å². The van der Waals surface area contributed by atoms with E-state index in [4.69, 9.17) is 0 Å². The molecule has 1 aliphatic heterocycles. The van der Waals surface area contributed by atoms with Crippen LogP contribution >= 0.6 is 0 Å². The summed E-state index contributed by atoms with van der Waals surface area (Å²) in [5, 5.41) is 0. The second kappa shape index (κ2) is 4.08. The Kier molecular flexibility index (Phi) is 3.07. The van der Waals surface area contributed by atoms with Crippen molar-refractivity contribution in [3.8, 4) is 0 Å². The van der Waals surface area contributed by atoms with Crippen molar-refractivity contribution in [1.82, 2.24) is 4.90 Å². The van der Waals surface area contributed by atoms with Gasteiger partial charge in [-0.2, -0.15) is 0 Å². The van der Waals surface area contributed by atoms with E-state index in [1.807, 2.05) is 30.3 Å². The normalized spacial score (nSPS) is 19.5. The van der Waals surface area contributed by atoms with E-state index in [0.29, 0.717) is 5.92 Å². The van der Waals surface area contributed by atoms with Crippen molar-refractivity contribution < 1.29 is 0 Å². The molecule has 0 saturated carbocycles. The lowest BCUT2D eigenvalue weighted by Crippen LogP contribution is -2.15. The highest BCUT2D eigenvalue weighted by atomic mass is 15.1. The molecule has 0 N–H and O–H groups in total. The fourth-order valence-corrected chi connectivity index (χ4v) is 1.14. The van der Waals surface area contributed by atoms with Crippen LogP contribution in [0.25, 0.3) is 0 Å². The van der Waals surface area contributed by atoms with Crippen LogP contribution in [0.15, 0.2) is 41.4 Å². The minimum absolute atomic E-state index is 0.456. The van der Waals surface area contributed by atoms with E-state index >= 15 is 0 Å². The number of rotatable bonds is 2. The summed E-state index contributed by atoms with van der Waals surface area (Å²) in [5.74, 6) is 0.456. The molecule has 0 atom stereocenters. The van der Waals surface area contributed by atoms with Crippen LogP contribution in [0.3, 0.4) is 0 Å². The summed E-state index contributed by atoms with van der Waals surface area (Å²) in [6, 6.07) is 0. The number of aliphatic imine (C=N–C) groups is 1. The Labute approximate surface area is 80.0 Å². The zero-order valence-corrected chi connectivity index (χ0v) is 8.49. The van der Waals surface area contributed by atoms with Gasteiger partial charge in [0.1, 0.15) is 0 Å². The molecule has 2 nitrogen and oxygen atoms in total. The molecule has 1 aliphatic rings. The molecule has 0 aromatic rings. The third kappa shape index (κ3) is 2.08. The lowest BCUT2D eigenvalue weighted by atomic mass is 10.1. The summed E-state index contributed by atoms with van der Waals surface area (Å²) in [7, 11) is 0. The van der Waals surface area contributed by atoms with Crippen LogP contribution in [0.1, 0.15) is 20.8 Å². The fraction of sp³-hybridized carbons (Fsp3) is 0.364. The average Bonchev–Trinajstić information content (AvgIpc) is 2.16. The first-order valence-electron chi connectivity index (χ1n) is 4.52. The fourth-order valence-electron chi connectivity index (χ4n) is 1.14. The van der Waals surface area contributed by atoms with Gasteiger partial charge in [-0.05, 0) is 12.8 Å². The Hall–Kier alpha value is -1.31. The van der Waals surface area contributed by atoms with E-state index in [1.54, 1.807) is 6.20 Å². The molecule has 70 valence electrons. The van der Waals surface area contributed by atoms with Crippen LogP contribution in [0.4, 0.5) is 0 Å². The van der Waals surface area contributed by atoms with E-state index in [2.05, 4.69) is 25.4 Å². The van der Waals surface area contributed by atoms with Crippen molar-refractivity contribution in [2.75, 3.05) is 0 Å². The van der Waals surface area contributed by atoms with Crippen molar-refractivity contribution >= 4 is 6.21 Å². The quantitative estimate of drug-likeness (QED) is 0.631. The molecule has 0 saturated heterocycles. The molecule has 0 amide bonds. The second-order valence-corrected chi connectivity index (χ2v) is 3.27. The van der Waals surface area contributed by atoms with Gasteiger partial charge in [-0.3, -0.25) is 4.99 Å². The van der Waals surface area contributed by atoms with Gasteiger partial charge in [-0.25, -0.2) is 0 Å². The number of nitrogens with zero attached hydrogens (tertiary/aromatic N) is 2. The maximum Gasteiger partial charge on any atom is 0.0595 e. The molecular weight excluding hydrogens is 160 g/mol. The van der Waals surface area contributed by atoms with Crippen LogP contribution in [-0.2, 0) is 0 Å². The maximum absolute atomic E-state index is 4.36. The summed E-state index contributed by atoms with van der Waals surface area (Å²) >= 11 is 0. The molecule has 1 heterocycles. The zero-order chi connectivity index (χ0) is 9.84. The molecule has 13 heavy (non-hydrogen) atoms. The van der Waals surface area contributed by atoms with Gasteiger partial charge in [0.25, 0.3) is 0 Å². The van der Waals surface area contributed by atoms with Gasteiger partial charge >= 0.3 is 0 Å². The standard InChI is InChI=1S/C11H16N2/c1-5-10-7-12-11(9(3)4)8-13(10)6-2/h5-9H,2H2,1,3-4H3/b10-5-. The number of allylic oxidation sites excluding steroid dienone is 3. The third-order valence-corrected chi connectivity index (χ3v) is 2.00. The van der Waals surface area contributed by atoms with Crippen molar-refractivity contribution in [2.45, 2.75) is 20.8 Å². The minimum Gasteiger partial charge on any atom is -0.321 e. The van der Waals surface area contributed by atoms with E-state index in [-0.39, 0.29) is 0 Å². The molecule has 2 heteroatoms. The monoisotopic (exact) mass is 176 g/mol. The van der Waals surface area contributed by atoms with Crippen LogP contribution in [0.5, 0.6) is 0 Å². The second-order valence-electron chi connectivity index (χ2n) is 3.27. The molecule has 0 fully saturated rings. The highest BCUT2D eigenvalue weighted by Crippen LogP contribution is 2.19.